The molecule has 0 spiro atoms. The van der Waals surface area contributed by atoms with Gasteiger partial charge in [-0.25, -0.2) is 0 Å². The van der Waals surface area contributed by atoms with Gasteiger partial charge in [0, 0.05) is 17.5 Å². The number of hydrogen-bond acceptors (Lipinski definition) is 2. The molecule has 1 aliphatic rings. The van der Waals surface area contributed by atoms with E-state index in [2.05, 4.69) is 15.9 Å². The molecule has 1 saturated carbocycles. The molecule has 1 aromatic rings. The van der Waals surface area contributed by atoms with Crippen molar-refractivity contribution in [3.8, 4) is 5.75 Å². The summed E-state index contributed by atoms with van der Waals surface area (Å²) in [4.78, 5) is 0. The molecule has 2 rings (SSSR count). The van der Waals surface area contributed by atoms with Crippen molar-refractivity contribution in [3.05, 3.63) is 27.7 Å². The van der Waals surface area contributed by atoms with Gasteiger partial charge in [-0.1, -0.05) is 0 Å². The van der Waals surface area contributed by atoms with Gasteiger partial charge in [0.15, 0.2) is 0 Å². The van der Waals surface area contributed by atoms with Gasteiger partial charge in [-0.2, -0.15) is 13.2 Å². The Hall–Kier alpha value is -0.750. The second-order valence-corrected chi connectivity index (χ2v) is 5.38. The van der Waals surface area contributed by atoms with Gasteiger partial charge in [-0.15, -0.1) is 0 Å². The van der Waals surface area contributed by atoms with Crippen molar-refractivity contribution in [1.29, 1.82) is 0 Å². The van der Waals surface area contributed by atoms with Crippen LogP contribution in [0, 0.1) is 0 Å². The van der Waals surface area contributed by atoms with Gasteiger partial charge in [0.05, 0.1) is 17.1 Å². The SMILES string of the molecule is COc1c(Br)cc(C(F)(F)F)cc1C1(CN)CC1. The summed E-state index contributed by atoms with van der Waals surface area (Å²) >= 11 is 3.13. The standard InChI is InChI=1S/C12H13BrF3NO/c1-18-10-8(11(6-17)2-3-11)4-7(5-9(10)13)12(14,15)16/h4-5H,2-3,6,17H2,1H3. The number of nitrogens with two attached hydrogens (primary N) is 1. The second-order valence-electron chi connectivity index (χ2n) is 4.52. The van der Waals surface area contributed by atoms with E-state index in [0.29, 0.717) is 22.3 Å². The lowest BCUT2D eigenvalue weighted by Crippen LogP contribution is -2.21. The Morgan fingerprint density at radius 3 is 2.39 bits per heavy atom. The molecule has 2 nitrogen and oxygen atoms in total. The Bertz CT molecular complexity index is 469. The Labute approximate surface area is 111 Å². The summed E-state index contributed by atoms with van der Waals surface area (Å²) in [5.74, 6) is 0.450. The molecule has 1 aliphatic carbocycles. The van der Waals surface area contributed by atoms with Crippen LogP contribution >= 0.6 is 15.9 Å². The van der Waals surface area contributed by atoms with Gasteiger partial charge in [-0.05, 0) is 40.9 Å². The molecule has 0 aromatic heterocycles. The van der Waals surface area contributed by atoms with E-state index in [1.807, 2.05) is 0 Å². The molecule has 0 amide bonds. The van der Waals surface area contributed by atoms with E-state index in [-0.39, 0.29) is 5.41 Å². The molecule has 0 aliphatic heterocycles. The summed E-state index contributed by atoms with van der Waals surface area (Å²) < 4.78 is 43.9. The minimum absolute atomic E-state index is 0.314. The normalized spacial score (nSPS) is 17.7. The molecule has 0 heterocycles. The van der Waals surface area contributed by atoms with E-state index in [9.17, 15) is 13.2 Å². The van der Waals surface area contributed by atoms with Gasteiger partial charge in [0.1, 0.15) is 5.75 Å². The maximum Gasteiger partial charge on any atom is 0.416 e. The molecule has 0 saturated heterocycles. The Morgan fingerprint density at radius 1 is 1.39 bits per heavy atom. The van der Waals surface area contributed by atoms with Crippen LogP contribution in [0.1, 0.15) is 24.0 Å². The zero-order valence-corrected chi connectivity index (χ0v) is 11.4. The minimum Gasteiger partial charge on any atom is -0.495 e. The molecule has 0 bridgehead atoms. The zero-order valence-electron chi connectivity index (χ0n) is 9.77. The van der Waals surface area contributed by atoms with Gasteiger partial charge in [0.25, 0.3) is 0 Å². The highest BCUT2D eigenvalue weighted by Crippen LogP contribution is 2.53. The van der Waals surface area contributed by atoms with Crippen molar-refractivity contribution in [3.63, 3.8) is 0 Å². The summed E-state index contributed by atoms with van der Waals surface area (Å²) in [5, 5.41) is 0. The number of ether oxygens (including phenoxy) is 1. The van der Waals surface area contributed by atoms with Crippen molar-refractivity contribution in [1.82, 2.24) is 0 Å². The van der Waals surface area contributed by atoms with Crippen LogP contribution in [0.3, 0.4) is 0 Å². The van der Waals surface area contributed by atoms with Crippen molar-refractivity contribution >= 4 is 15.9 Å². The van der Waals surface area contributed by atoms with Crippen molar-refractivity contribution in [2.45, 2.75) is 24.4 Å². The number of methoxy groups -OCH3 is 1. The van der Waals surface area contributed by atoms with E-state index < -0.39 is 11.7 Å². The third-order valence-corrected chi connectivity index (χ3v) is 3.98. The first-order valence-corrected chi connectivity index (χ1v) is 6.28. The molecule has 100 valence electrons. The van der Waals surface area contributed by atoms with Crippen molar-refractivity contribution in [2.24, 2.45) is 5.73 Å². The molecule has 2 N–H and O–H groups in total. The van der Waals surface area contributed by atoms with Crippen LogP contribution in [0.4, 0.5) is 13.2 Å². The summed E-state index contributed by atoms with van der Waals surface area (Å²) in [6, 6.07) is 2.19. The average Bonchev–Trinajstić information content (AvgIpc) is 3.07. The Morgan fingerprint density at radius 2 is 2.00 bits per heavy atom. The lowest BCUT2D eigenvalue weighted by Gasteiger charge is -2.20. The molecule has 0 radical (unpaired) electrons. The third kappa shape index (κ3) is 2.23. The van der Waals surface area contributed by atoms with Gasteiger partial charge >= 0.3 is 6.18 Å². The molecular formula is C12H13BrF3NO. The number of halogens is 4. The van der Waals surface area contributed by atoms with E-state index in [1.54, 1.807) is 0 Å². The molecule has 6 heteroatoms. The lowest BCUT2D eigenvalue weighted by atomic mass is 9.93. The maximum atomic E-state index is 12.8. The first kappa shape index (κ1) is 13.7. The minimum atomic E-state index is -4.37. The molecule has 1 aromatic carbocycles. The van der Waals surface area contributed by atoms with Gasteiger partial charge in [0.2, 0.25) is 0 Å². The van der Waals surface area contributed by atoms with E-state index in [4.69, 9.17) is 10.5 Å². The van der Waals surface area contributed by atoms with Crippen LogP contribution in [0.15, 0.2) is 16.6 Å². The van der Waals surface area contributed by atoms with Gasteiger partial charge in [-0.3, -0.25) is 0 Å². The molecule has 0 atom stereocenters. The van der Waals surface area contributed by atoms with Crippen molar-refractivity contribution < 1.29 is 17.9 Å². The summed E-state index contributed by atoms with van der Waals surface area (Å²) in [5.41, 5.74) is 5.20. The predicted molar refractivity (Wildman–Crippen MR) is 65.7 cm³/mol. The molecule has 18 heavy (non-hydrogen) atoms. The Balaban J connectivity index is 2.59. The fourth-order valence-corrected chi connectivity index (χ4v) is 2.71. The number of hydrogen-bond donors (Lipinski definition) is 1. The van der Waals surface area contributed by atoms with Crippen LogP contribution < -0.4 is 10.5 Å². The highest BCUT2D eigenvalue weighted by molar-refractivity contribution is 9.10. The van der Waals surface area contributed by atoms with Gasteiger partial charge < -0.3 is 10.5 Å². The van der Waals surface area contributed by atoms with E-state index in [0.717, 1.165) is 25.0 Å². The highest BCUT2D eigenvalue weighted by atomic mass is 79.9. The highest BCUT2D eigenvalue weighted by Gasteiger charge is 2.46. The van der Waals surface area contributed by atoms with E-state index in [1.165, 1.54) is 7.11 Å². The first-order chi connectivity index (χ1) is 8.34. The molecule has 1 fully saturated rings. The zero-order chi connectivity index (χ0) is 13.6. The van der Waals surface area contributed by atoms with Crippen LogP contribution in [-0.4, -0.2) is 13.7 Å². The van der Waals surface area contributed by atoms with Crippen LogP contribution in [0.5, 0.6) is 5.75 Å². The number of rotatable bonds is 3. The van der Waals surface area contributed by atoms with Crippen molar-refractivity contribution in [2.75, 3.05) is 13.7 Å². The molecular weight excluding hydrogens is 311 g/mol. The third-order valence-electron chi connectivity index (χ3n) is 3.39. The fourth-order valence-electron chi connectivity index (χ4n) is 2.09. The number of alkyl halides is 3. The maximum absolute atomic E-state index is 12.8. The molecule has 0 unspecified atom stereocenters. The summed E-state index contributed by atoms with van der Waals surface area (Å²) in [7, 11) is 1.45. The predicted octanol–water partition coefficient (Wildman–Crippen LogP) is 3.47. The lowest BCUT2D eigenvalue weighted by molar-refractivity contribution is -0.137. The average molecular weight is 324 g/mol. The Kier molecular flexibility index (Phi) is 3.36. The monoisotopic (exact) mass is 323 g/mol. The second kappa shape index (κ2) is 4.42. The first-order valence-electron chi connectivity index (χ1n) is 5.49. The smallest absolute Gasteiger partial charge is 0.416 e. The summed E-state index contributed by atoms with van der Waals surface area (Å²) in [6.07, 6.45) is -2.77. The fraction of sp³-hybridized carbons (Fsp3) is 0.500. The number of benzene rings is 1. The van der Waals surface area contributed by atoms with Crippen LogP contribution in [0.25, 0.3) is 0 Å². The largest absolute Gasteiger partial charge is 0.495 e. The van der Waals surface area contributed by atoms with E-state index >= 15 is 0 Å². The quantitative estimate of drug-likeness (QED) is 0.924. The summed E-state index contributed by atoms with van der Waals surface area (Å²) in [6.45, 7) is 0.330. The van der Waals surface area contributed by atoms with Crippen LogP contribution in [0.2, 0.25) is 0 Å². The topological polar surface area (TPSA) is 35.2 Å². The van der Waals surface area contributed by atoms with Crippen LogP contribution in [-0.2, 0) is 11.6 Å².